The first-order chi connectivity index (χ1) is 11.7. The lowest BCUT2D eigenvalue weighted by Crippen LogP contribution is -2.11. The van der Waals surface area contributed by atoms with Gasteiger partial charge in [-0.1, -0.05) is 51.4 Å². The van der Waals surface area contributed by atoms with Crippen molar-refractivity contribution in [1.82, 2.24) is 0 Å². The second-order valence-corrected chi connectivity index (χ2v) is 6.05. The van der Waals surface area contributed by atoms with Gasteiger partial charge in [-0.3, -0.25) is 9.59 Å². The summed E-state index contributed by atoms with van der Waals surface area (Å²) in [5.74, 6) is -0.377. The van der Waals surface area contributed by atoms with Crippen LogP contribution in [0, 0.1) is 0 Å². The van der Waals surface area contributed by atoms with E-state index in [9.17, 15) is 9.59 Å². The largest absolute Gasteiger partial charge is 0.466 e. The van der Waals surface area contributed by atoms with E-state index in [4.69, 9.17) is 20.9 Å². The van der Waals surface area contributed by atoms with Crippen molar-refractivity contribution in [3.8, 4) is 0 Å². The van der Waals surface area contributed by atoms with Gasteiger partial charge in [-0.15, -0.1) is 0 Å². The van der Waals surface area contributed by atoms with Crippen molar-refractivity contribution in [2.45, 2.75) is 77.0 Å². The molecule has 0 aliphatic rings. The minimum Gasteiger partial charge on any atom is -0.466 e. The SMILES string of the molecule is NCCC(=O)OCCCCCCCCCCCCOC(=O)CCN. The fraction of sp³-hybridized carbons (Fsp3) is 0.889. The number of rotatable bonds is 17. The molecule has 6 heteroatoms. The highest BCUT2D eigenvalue weighted by Crippen LogP contribution is 2.10. The lowest BCUT2D eigenvalue weighted by Gasteiger charge is -2.05. The predicted octanol–water partition coefficient (Wildman–Crippen LogP) is 2.67. The fourth-order valence-electron chi connectivity index (χ4n) is 2.37. The molecular weight excluding hydrogens is 308 g/mol. The first-order valence-electron chi connectivity index (χ1n) is 9.42. The summed E-state index contributed by atoms with van der Waals surface area (Å²) in [7, 11) is 0. The Hall–Kier alpha value is -1.14. The number of nitrogens with two attached hydrogens (primary N) is 2. The number of carbonyl (C=O) groups excluding carboxylic acids is 2. The number of ether oxygens (including phenoxy) is 2. The molecule has 0 atom stereocenters. The van der Waals surface area contributed by atoms with Crippen LogP contribution in [0.5, 0.6) is 0 Å². The number of unbranched alkanes of at least 4 members (excludes halogenated alkanes) is 9. The molecule has 0 aromatic heterocycles. The summed E-state index contributed by atoms with van der Waals surface area (Å²) >= 11 is 0. The van der Waals surface area contributed by atoms with Crippen molar-refractivity contribution in [3.05, 3.63) is 0 Å². The van der Waals surface area contributed by atoms with E-state index in [1.807, 2.05) is 0 Å². The minimum atomic E-state index is -0.188. The first kappa shape index (κ1) is 22.9. The van der Waals surface area contributed by atoms with E-state index in [-0.39, 0.29) is 11.9 Å². The number of hydrogen-bond donors (Lipinski definition) is 2. The van der Waals surface area contributed by atoms with Crippen molar-refractivity contribution in [2.75, 3.05) is 26.3 Å². The molecule has 0 aromatic rings. The van der Waals surface area contributed by atoms with Crippen molar-refractivity contribution >= 4 is 11.9 Å². The maximum atomic E-state index is 11.1. The monoisotopic (exact) mass is 344 g/mol. The van der Waals surface area contributed by atoms with Crippen molar-refractivity contribution < 1.29 is 19.1 Å². The number of esters is 2. The number of hydrogen-bond acceptors (Lipinski definition) is 6. The Bertz CT molecular complexity index is 281. The van der Waals surface area contributed by atoms with E-state index in [0.717, 1.165) is 25.7 Å². The second kappa shape index (κ2) is 18.2. The maximum Gasteiger partial charge on any atom is 0.307 e. The molecule has 0 spiro atoms. The maximum absolute atomic E-state index is 11.1. The molecule has 4 N–H and O–H groups in total. The highest BCUT2D eigenvalue weighted by Gasteiger charge is 2.01. The Morgan fingerprint density at radius 1 is 0.542 bits per heavy atom. The van der Waals surface area contributed by atoms with E-state index in [0.29, 0.717) is 39.1 Å². The molecule has 0 aliphatic heterocycles. The van der Waals surface area contributed by atoms with Gasteiger partial charge >= 0.3 is 11.9 Å². The molecule has 0 saturated heterocycles. The van der Waals surface area contributed by atoms with Crippen LogP contribution in [0.3, 0.4) is 0 Å². The topological polar surface area (TPSA) is 105 Å². The van der Waals surface area contributed by atoms with Crippen LogP contribution in [0.4, 0.5) is 0 Å². The van der Waals surface area contributed by atoms with Gasteiger partial charge in [0.2, 0.25) is 0 Å². The van der Waals surface area contributed by atoms with Gasteiger partial charge in [0.25, 0.3) is 0 Å². The summed E-state index contributed by atoms with van der Waals surface area (Å²) in [6, 6.07) is 0. The molecule has 0 saturated carbocycles. The highest BCUT2D eigenvalue weighted by molar-refractivity contribution is 5.69. The average Bonchev–Trinajstić information content (AvgIpc) is 2.55. The molecule has 24 heavy (non-hydrogen) atoms. The van der Waals surface area contributed by atoms with Gasteiger partial charge in [0.1, 0.15) is 0 Å². The summed E-state index contributed by atoms with van der Waals surface area (Å²) in [4.78, 5) is 22.2. The Balaban J connectivity index is 3.10. The van der Waals surface area contributed by atoms with Crippen LogP contribution in [0.1, 0.15) is 77.0 Å². The van der Waals surface area contributed by atoms with E-state index >= 15 is 0 Å². The average molecular weight is 344 g/mol. The molecule has 0 radical (unpaired) electrons. The Labute approximate surface area is 146 Å². The molecule has 0 fully saturated rings. The fourth-order valence-corrected chi connectivity index (χ4v) is 2.37. The molecule has 0 rings (SSSR count). The third-order valence-corrected chi connectivity index (χ3v) is 3.76. The smallest absolute Gasteiger partial charge is 0.307 e. The lowest BCUT2D eigenvalue weighted by molar-refractivity contribution is -0.144. The molecule has 0 amide bonds. The minimum absolute atomic E-state index is 0.188. The molecule has 0 aromatic carbocycles. The highest BCUT2D eigenvalue weighted by atomic mass is 16.5. The third-order valence-electron chi connectivity index (χ3n) is 3.76. The molecule has 142 valence electrons. The van der Waals surface area contributed by atoms with Gasteiger partial charge in [-0.2, -0.15) is 0 Å². The molecular formula is C18H36N2O4. The third kappa shape index (κ3) is 17.2. The zero-order chi connectivity index (χ0) is 17.9. The molecule has 6 nitrogen and oxygen atoms in total. The summed E-state index contributed by atoms with van der Waals surface area (Å²) in [6.45, 7) is 1.76. The van der Waals surface area contributed by atoms with Gasteiger partial charge < -0.3 is 20.9 Å². The van der Waals surface area contributed by atoms with Gasteiger partial charge in [-0.05, 0) is 12.8 Å². The van der Waals surface area contributed by atoms with Gasteiger partial charge in [0.15, 0.2) is 0 Å². The lowest BCUT2D eigenvalue weighted by atomic mass is 10.1. The quantitative estimate of drug-likeness (QED) is 0.310. The molecule has 0 aliphatic carbocycles. The van der Waals surface area contributed by atoms with Crippen molar-refractivity contribution in [2.24, 2.45) is 11.5 Å². The summed E-state index contributed by atoms with van der Waals surface area (Å²) in [6.07, 6.45) is 12.2. The number of carbonyl (C=O) groups is 2. The Kier molecular flexibility index (Phi) is 17.3. The zero-order valence-electron chi connectivity index (χ0n) is 15.1. The van der Waals surface area contributed by atoms with Crippen LogP contribution in [-0.2, 0) is 19.1 Å². The van der Waals surface area contributed by atoms with E-state index in [1.54, 1.807) is 0 Å². The van der Waals surface area contributed by atoms with Crippen LogP contribution < -0.4 is 11.5 Å². The Morgan fingerprint density at radius 3 is 1.12 bits per heavy atom. The van der Waals surface area contributed by atoms with Crippen LogP contribution in [0.25, 0.3) is 0 Å². The van der Waals surface area contributed by atoms with Crippen LogP contribution in [-0.4, -0.2) is 38.2 Å². The first-order valence-corrected chi connectivity index (χ1v) is 9.42. The molecule has 0 unspecified atom stereocenters. The van der Waals surface area contributed by atoms with Crippen molar-refractivity contribution in [1.29, 1.82) is 0 Å². The van der Waals surface area contributed by atoms with E-state index < -0.39 is 0 Å². The van der Waals surface area contributed by atoms with Gasteiger partial charge in [-0.25, -0.2) is 0 Å². The predicted molar refractivity (Wildman–Crippen MR) is 95.4 cm³/mol. The van der Waals surface area contributed by atoms with Crippen LogP contribution >= 0.6 is 0 Å². The zero-order valence-corrected chi connectivity index (χ0v) is 15.1. The summed E-state index contributed by atoms with van der Waals surface area (Å²) in [5.41, 5.74) is 10.5. The van der Waals surface area contributed by atoms with E-state index in [1.165, 1.54) is 38.5 Å². The van der Waals surface area contributed by atoms with Gasteiger partial charge in [0.05, 0.1) is 26.1 Å². The summed E-state index contributed by atoms with van der Waals surface area (Å²) < 4.78 is 10.1. The van der Waals surface area contributed by atoms with E-state index in [2.05, 4.69) is 0 Å². The second-order valence-electron chi connectivity index (χ2n) is 6.05. The molecule has 0 heterocycles. The molecule has 0 bridgehead atoms. The standard InChI is InChI=1S/C18H36N2O4/c19-13-11-17(21)23-15-9-7-5-3-1-2-4-6-8-10-16-24-18(22)12-14-20/h1-16,19-20H2. The summed E-state index contributed by atoms with van der Waals surface area (Å²) in [5, 5.41) is 0. The Morgan fingerprint density at radius 2 is 0.833 bits per heavy atom. The van der Waals surface area contributed by atoms with Crippen LogP contribution in [0.2, 0.25) is 0 Å². The van der Waals surface area contributed by atoms with Crippen LogP contribution in [0.15, 0.2) is 0 Å². The normalized spacial score (nSPS) is 10.6. The van der Waals surface area contributed by atoms with Gasteiger partial charge in [0, 0.05) is 13.1 Å². The van der Waals surface area contributed by atoms with Crippen molar-refractivity contribution in [3.63, 3.8) is 0 Å².